The van der Waals surface area contributed by atoms with Crippen molar-refractivity contribution in [1.82, 2.24) is 0 Å². The fourth-order valence-corrected chi connectivity index (χ4v) is 1.97. The van der Waals surface area contributed by atoms with Crippen molar-refractivity contribution in [2.45, 2.75) is 26.9 Å². The van der Waals surface area contributed by atoms with Gasteiger partial charge in [-0.3, -0.25) is 4.79 Å². The molecule has 1 atom stereocenters. The van der Waals surface area contributed by atoms with Crippen molar-refractivity contribution in [2.75, 3.05) is 5.32 Å². The van der Waals surface area contributed by atoms with Gasteiger partial charge in [-0.05, 0) is 50.6 Å². The Labute approximate surface area is 129 Å². The highest BCUT2D eigenvalue weighted by Gasteiger charge is 2.15. The number of carbonyl (C=O) groups excluding carboxylic acids is 1. The highest BCUT2D eigenvalue weighted by molar-refractivity contribution is 6.31. The quantitative estimate of drug-likeness (QED) is 0.911. The minimum absolute atomic E-state index is 0.213. The predicted molar refractivity (Wildman–Crippen MR) is 86.1 cm³/mol. The van der Waals surface area contributed by atoms with Gasteiger partial charge in [-0.2, -0.15) is 0 Å². The molecule has 0 aromatic heterocycles. The van der Waals surface area contributed by atoms with Crippen LogP contribution in [0.3, 0.4) is 0 Å². The number of hydrogen-bond donors (Lipinski definition) is 1. The smallest absolute Gasteiger partial charge is 0.265 e. The molecule has 0 aliphatic carbocycles. The van der Waals surface area contributed by atoms with E-state index >= 15 is 0 Å². The van der Waals surface area contributed by atoms with Crippen LogP contribution >= 0.6 is 11.6 Å². The number of nitrogens with one attached hydrogen (secondary N) is 1. The van der Waals surface area contributed by atoms with E-state index in [4.69, 9.17) is 16.3 Å². The molecule has 0 aliphatic rings. The zero-order valence-electron chi connectivity index (χ0n) is 12.3. The van der Waals surface area contributed by atoms with Gasteiger partial charge in [-0.25, -0.2) is 0 Å². The Kier molecular flexibility index (Phi) is 4.86. The average Bonchev–Trinajstić information content (AvgIpc) is 2.45. The maximum atomic E-state index is 12.1. The van der Waals surface area contributed by atoms with Gasteiger partial charge < -0.3 is 10.1 Å². The Morgan fingerprint density at radius 2 is 1.81 bits per heavy atom. The number of benzene rings is 2. The number of anilines is 1. The van der Waals surface area contributed by atoms with E-state index in [1.165, 1.54) is 0 Å². The van der Waals surface area contributed by atoms with Crippen LogP contribution < -0.4 is 10.1 Å². The Hall–Kier alpha value is -2.00. The van der Waals surface area contributed by atoms with Crippen LogP contribution in [-0.4, -0.2) is 12.0 Å². The molecule has 0 saturated carbocycles. The first-order chi connectivity index (χ1) is 9.95. The van der Waals surface area contributed by atoms with Gasteiger partial charge in [0.25, 0.3) is 5.91 Å². The fourth-order valence-electron chi connectivity index (χ4n) is 1.79. The van der Waals surface area contributed by atoms with Crippen molar-refractivity contribution in [3.8, 4) is 5.75 Å². The SMILES string of the molecule is Cc1ccc(O[C@H](C)C(=O)Nc2ccc(C)c(Cl)c2)cc1. The van der Waals surface area contributed by atoms with Gasteiger partial charge in [0.15, 0.2) is 6.10 Å². The molecule has 1 amide bonds. The second-order valence-corrected chi connectivity index (χ2v) is 5.43. The van der Waals surface area contributed by atoms with Gasteiger partial charge in [-0.15, -0.1) is 0 Å². The van der Waals surface area contributed by atoms with Crippen LogP contribution in [0.5, 0.6) is 5.75 Å². The zero-order valence-corrected chi connectivity index (χ0v) is 13.1. The lowest BCUT2D eigenvalue weighted by atomic mass is 10.2. The molecule has 3 nitrogen and oxygen atoms in total. The van der Waals surface area contributed by atoms with Crippen LogP contribution in [0.4, 0.5) is 5.69 Å². The van der Waals surface area contributed by atoms with E-state index in [2.05, 4.69) is 5.32 Å². The third kappa shape index (κ3) is 4.23. The molecule has 0 saturated heterocycles. The molecule has 0 fully saturated rings. The van der Waals surface area contributed by atoms with Gasteiger partial charge in [0.1, 0.15) is 5.75 Å². The average molecular weight is 304 g/mol. The summed E-state index contributed by atoms with van der Waals surface area (Å²) in [6.07, 6.45) is -0.590. The zero-order chi connectivity index (χ0) is 15.4. The molecule has 2 rings (SSSR count). The standard InChI is InChI=1S/C17H18ClNO2/c1-11-4-8-15(9-5-11)21-13(3)17(20)19-14-7-6-12(2)16(18)10-14/h4-10,13H,1-3H3,(H,19,20)/t13-/m1/s1. The molecule has 110 valence electrons. The first-order valence-electron chi connectivity index (χ1n) is 6.76. The van der Waals surface area contributed by atoms with Crippen molar-refractivity contribution in [1.29, 1.82) is 0 Å². The highest BCUT2D eigenvalue weighted by Crippen LogP contribution is 2.20. The molecular formula is C17H18ClNO2. The van der Waals surface area contributed by atoms with Crippen LogP contribution in [0.1, 0.15) is 18.1 Å². The molecule has 2 aromatic rings. The monoisotopic (exact) mass is 303 g/mol. The second kappa shape index (κ2) is 6.64. The number of amides is 1. The highest BCUT2D eigenvalue weighted by atomic mass is 35.5. The first-order valence-corrected chi connectivity index (χ1v) is 7.14. The molecule has 0 bridgehead atoms. The molecule has 0 heterocycles. The summed E-state index contributed by atoms with van der Waals surface area (Å²) in [6.45, 7) is 5.63. The van der Waals surface area contributed by atoms with E-state index in [-0.39, 0.29) is 5.91 Å². The van der Waals surface area contributed by atoms with E-state index in [1.807, 2.05) is 50.2 Å². The Bertz CT molecular complexity index is 638. The van der Waals surface area contributed by atoms with E-state index in [1.54, 1.807) is 13.0 Å². The normalized spacial score (nSPS) is 11.8. The second-order valence-electron chi connectivity index (χ2n) is 5.03. The van der Waals surface area contributed by atoms with Crippen LogP contribution in [0.25, 0.3) is 0 Å². The maximum absolute atomic E-state index is 12.1. The topological polar surface area (TPSA) is 38.3 Å². The van der Waals surface area contributed by atoms with Crippen molar-refractivity contribution in [3.05, 3.63) is 58.6 Å². The minimum Gasteiger partial charge on any atom is -0.481 e. The number of ether oxygens (including phenoxy) is 1. The number of halogens is 1. The van der Waals surface area contributed by atoms with Crippen LogP contribution in [0.2, 0.25) is 5.02 Å². The summed E-state index contributed by atoms with van der Waals surface area (Å²) >= 11 is 6.04. The van der Waals surface area contributed by atoms with Crippen molar-refractivity contribution >= 4 is 23.2 Å². The molecule has 0 radical (unpaired) electrons. The van der Waals surface area contributed by atoms with E-state index in [0.29, 0.717) is 16.5 Å². The number of hydrogen-bond acceptors (Lipinski definition) is 2. The van der Waals surface area contributed by atoms with Gasteiger partial charge in [-0.1, -0.05) is 35.4 Å². The summed E-state index contributed by atoms with van der Waals surface area (Å²) in [5.41, 5.74) is 2.78. The van der Waals surface area contributed by atoms with Crippen molar-refractivity contribution in [3.63, 3.8) is 0 Å². The number of rotatable bonds is 4. The number of carbonyl (C=O) groups is 1. The Morgan fingerprint density at radius 3 is 2.43 bits per heavy atom. The van der Waals surface area contributed by atoms with E-state index in [0.717, 1.165) is 11.1 Å². The van der Waals surface area contributed by atoms with Gasteiger partial charge >= 0.3 is 0 Å². The molecule has 0 spiro atoms. The predicted octanol–water partition coefficient (Wildman–Crippen LogP) is 4.36. The van der Waals surface area contributed by atoms with Gasteiger partial charge in [0.2, 0.25) is 0 Å². The summed E-state index contributed by atoms with van der Waals surface area (Å²) in [5.74, 6) is 0.459. The van der Waals surface area contributed by atoms with Crippen LogP contribution in [0.15, 0.2) is 42.5 Å². The minimum atomic E-state index is -0.590. The lowest BCUT2D eigenvalue weighted by Crippen LogP contribution is -2.30. The number of aryl methyl sites for hydroxylation is 2. The summed E-state index contributed by atoms with van der Waals surface area (Å²) in [5, 5.41) is 3.42. The lowest BCUT2D eigenvalue weighted by Gasteiger charge is -2.15. The van der Waals surface area contributed by atoms with Gasteiger partial charge in [0, 0.05) is 10.7 Å². The molecule has 1 N–H and O–H groups in total. The summed E-state index contributed by atoms with van der Waals surface area (Å²) < 4.78 is 5.61. The maximum Gasteiger partial charge on any atom is 0.265 e. The van der Waals surface area contributed by atoms with Crippen LogP contribution in [-0.2, 0) is 4.79 Å². The lowest BCUT2D eigenvalue weighted by molar-refractivity contribution is -0.122. The Balaban J connectivity index is 1.98. The molecule has 2 aromatic carbocycles. The molecular weight excluding hydrogens is 286 g/mol. The largest absolute Gasteiger partial charge is 0.481 e. The van der Waals surface area contributed by atoms with Crippen molar-refractivity contribution < 1.29 is 9.53 Å². The summed E-state index contributed by atoms with van der Waals surface area (Å²) in [7, 11) is 0. The summed E-state index contributed by atoms with van der Waals surface area (Å²) in [6, 6.07) is 13.0. The fraction of sp³-hybridized carbons (Fsp3) is 0.235. The van der Waals surface area contributed by atoms with Crippen molar-refractivity contribution in [2.24, 2.45) is 0 Å². The third-order valence-corrected chi connectivity index (χ3v) is 3.55. The third-order valence-electron chi connectivity index (χ3n) is 3.14. The van der Waals surface area contributed by atoms with E-state index < -0.39 is 6.10 Å². The molecule has 21 heavy (non-hydrogen) atoms. The van der Waals surface area contributed by atoms with E-state index in [9.17, 15) is 4.79 Å². The Morgan fingerprint density at radius 1 is 1.14 bits per heavy atom. The summed E-state index contributed by atoms with van der Waals surface area (Å²) in [4.78, 5) is 12.1. The van der Waals surface area contributed by atoms with Crippen LogP contribution in [0, 0.1) is 13.8 Å². The molecule has 0 unspecified atom stereocenters. The molecule has 0 aliphatic heterocycles. The molecule has 4 heteroatoms. The first kappa shape index (κ1) is 15.4. The van der Waals surface area contributed by atoms with Gasteiger partial charge in [0.05, 0.1) is 0 Å².